The van der Waals surface area contributed by atoms with E-state index in [1.54, 1.807) is 27.6 Å². The predicted molar refractivity (Wildman–Crippen MR) is 204 cm³/mol. The van der Waals surface area contributed by atoms with E-state index in [1.165, 1.54) is 10.8 Å². The van der Waals surface area contributed by atoms with Crippen molar-refractivity contribution in [2.75, 3.05) is 39.8 Å². The van der Waals surface area contributed by atoms with Gasteiger partial charge < -0.3 is 32.6 Å². The van der Waals surface area contributed by atoms with Crippen LogP contribution in [0.2, 0.25) is 18.1 Å². The van der Waals surface area contributed by atoms with Crippen LogP contribution < -0.4 is 11.2 Å². The predicted octanol–water partition coefficient (Wildman–Crippen LogP) is 6.34. The Hall–Kier alpha value is -2.71. The second kappa shape index (κ2) is 18.6. The largest absolute Gasteiger partial charge is 0.408 e. The Balaban J connectivity index is 1.82. The van der Waals surface area contributed by atoms with Crippen LogP contribution in [0.4, 0.5) is 0 Å². The van der Waals surface area contributed by atoms with E-state index in [0.717, 1.165) is 15.7 Å². The zero-order valence-corrected chi connectivity index (χ0v) is 34.0. The van der Waals surface area contributed by atoms with E-state index in [-0.39, 0.29) is 51.0 Å². The van der Waals surface area contributed by atoms with Crippen molar-refractivity contribution in [3.8, 4) is 0 Å². The van der Waals surface area contributed by atoms with E-state index in [0.29, 0.717) is 5.56 Å². The standard InChI is InChI=1S/C38H57N2O10PSi/c1-10-48-51(7,43)26-31(47-25-30-19-15-12-16-20-30)32-33(50-52(8,9)38(3,4)5)34(46-22-21-44-6)36(49-32)39-23-28(2)35(41)40(37(39)42)27-45-24-29-17-13-11-14-18-29/h11-20,23,31-34,36H,10,21-22,24-27H2,1-9H3/t31-,32-,33-,34-,36-,51?/m1/s1. The number of methoxy groups -OCH3 is 1. The number of nitrogens with zero attached hydrogens (tertiary/aromatic N) is 2. The van der Waals surface area contributed by atoms with Gasteiger partial charge in [0.2, 0.25) is 7.37 Å². The molecule has 1 aliphatic heterocycles. The smallest absolute Gasteiger partial charge is 0.335 e. The molecule has 1 saturated heterocycles. The summed E-state index contributed by atoms with van der Waals surface area (Å²) in [5, 5.41) is -0.199. The van der Waals surface area contributed by atoms with Gasteiger partial charge in [0.05, 0.1) is 45.3 Å². The van der Waals surface area contributed by atoms with Crippen LogP contribution in [0, 0.1) is 6.92 Å². The zero-order chi connectivity index (χ0) is 38.1. The van der Waals surface area contributed by atoms with Crippen molar-refractivity contribution in [2.24, 2.45) is 0 Å². The summed E-state index contributed by atoms with van der Waals surface area (Å²) in [6.07, 6.45) is -2.74. The van der Waals surface area contributed by atoms with E-state index >= 15 is 0 Å². The van der Waals surface area contributed by atoms with E-state index in [4.69, 9.17) is 32.6 Å². The molecule has 2 aromatic carbocycles. The molecule has 12 nitrogen and oxygen atoms in total. The van der Waals surface area contributed by atoms with Crippen LogP contribution in [0.15, 0.2) is 76.4 Å². The third-order valence-corrected chi connectivity index (χ3v) is 15.9. The van der Waals surface area contributed by atoms with Gasteiger partial charge in [-0.05, 0) is 43.1 Å². The van der Waals surface area contributed by atoms with Crippen molar-refractivity contribution in [1.82, 2.24) is 9.13 Å². The average Bonchev–Trinajstić information content (AvgIpc) is 3.43. The van der Waals surface area contributed by atoms with E-state index in [2.05, 4.69) is 33.9 Å². The molecule has 0 N–H and O–H groups in total. The van der Waals surface area contributed by atoms with Gasteiger partial charge in [-0.2, -0.15) is 0 Å². The summed E-state index contributed by atoms with van der Waals surface area (Å²) in [5.74, 6) is 0. The van der Waals surface area contributed by atoms with Gasteiger partial charge in [-0.3, -0.25) is 13.9 Å². The number of hydrogen-bond donors (Lipinski definition) is 0. The van der Waals surface area contributed by atoms with Gasteiger partial charge in [-0.15, -0.1) is 0 Å². The van der Waals surface area contributed by atoms with Gasteiger partial charge in [0.15, 0.2) is 14.5 Å². The summed E-state index contributed by atoms with van der Waals surface area (Å²) in [6.45, 7) is 16.6. The van der Waals surface area contributed by atoms with Crippen molar-refractivity contribution in [3.05, 3.63) is 104 Å². The number of aryl methyl sites for hydroxylation is 1. The molecule has 0 bridgehead atoms. The maximum absolute atomic E-state index is 14.3. The fourth-order valence-corrected chi connectivity index (χ4v) is 8.77. The Morgan fingerprint density at radius 2 is 1.56 bits per heavy atom. The Labute approximate surface area is 308 Å². The quantitative estimate of drug-likeness (QED) is 0.0777. The minimum atomic E-state index is -3.18. The molecule has 1 aliphatic rings. The highest BCUT2D eigenvalue weighted by atomic mass is 31.2. The first kappa shape index (κ1) is 42.0. The zero-order valence-electron chi connectivity index (χ0n) is 32.1. The topological polar surface area (TPSA) is 126 Å². The highest BCUT2D eigenvalue weighted by Gasteiger charge is 2.55. The summed E-state index contributed by atoms with van der Waals surface area (Å²) in [7, 11) is -4.14. The van der Waals surface area contributed by atoms with Crippen LogP contribution in [0.25, 0.3) is 0 Å². The maximum Gasteiger partial charge on any atom is 0.335 e. The molecule has 1 unspecified atom stereocenters. The molecule has 14 heteroatoms. The Bertz CT molecular complexity index is 1730. The molecule has 1 fully saturated rings. The van der Waals surface area contributed by atoms with Crippen molar-refractivity contribution in [3.63, 3.8) is 0 Å². The van der Waals surface area contributed by atoms with Gasteiger partial charge in [-0.25, -0.2) is 9.36 Å². The lowest BCUT2D eigenvalue weighted by atomic mass is 10.1. The SMILES string of the molecule is CCOP(C)(=O)C[C@@H](OCc1ccccc1)[C@H]1O[C@@H](n2cc(C)c(=O)n(COCc3ccccc3)c2=O)[C@H](OCCOC)[C@@H]1O[Si](C)(C)C(C)(C)C. The fraction of sp³-hybridized carbons (Fsp3) is 0.579. The molecule has 0 saturated carbocycles. The number of rotatable bonds is 19. The minimum Gasteiger partial charge on any atom is -0.408 e. The third-order valence-electron chi connectivity index (χ3n) is 9.62. The first-order chi connectivity index (χ1) is 24.6. The van der Waals surface area contributed by atoms with Gasteiger partial charge in [0.25, 0.3) is 5.56 Å². The van der Waals surface area contributed by atoms with Gasteiger partial charge in [-0.1, -0.05) is 81.4 Å². The molecular formula is C38H57N2O10PSi. The minimum absolute atomic E-state index is 0.0357. The van der Waals surface area contributed by atoms with Crippen LogP contribution in [0.1, 0.15) is 50.6 Å². The molecule has 0 aliphatic carbocycles. The maximum atomic E-state index is 14.3. The van der Waals surface area contributed by atoms with Crippen LogP contribution in [-0.2, 0) is 57.1 Å². The summed E-state index contributed by atoms with van der Waals surface area (Å²) >= 11 is 0. The van der Waals surface area contributed by atoms with E-state index in [9.17, 15) is 14.2 Å². The van der Waals surface area contributed by atoms with Crippen molar-refractivity contribution >= 4 is 15.7 Å². The lowest BCUT2D eigenvalue weighted by molar-refractivity contribution is -0.108. The average molecular weight is 761 g/mol. The van der Waals surface area contributed by atoms with Gasteiger partial charge >= 0.3 is 5.69 Å². The third kappa shape index (κ3) is 10.9. The Morgan fingerprint density at radius 3 is 2.13 bits per heavy atom. The second-order valence-corrected chi connectivity index (χ2v) is 22.2. The molecular weight excluding hydrogens is 703 g/mol. The summed E-state index contributed by atoms with van der Waals surface area (Å²) in [5.41, 5.74) is 1.05. The van der Waals surface area contributed by atoms with Crippen LogP contribution >= 0.6 is 7.37 Å². The van der Waals surface area contributed by atoms with E-state index in [1.807, 2.05) is 60.7 Å². The summed E-state index contributed by atoms with van der Waals surface area (Å²) in [6, 6.07) is 19.2. The highest BCUT2D eigenvalue weighted by Crippen LogP contribution is 2.48. The molecule has 4 rings (SSSR count). The highest BCUT2D eigenvalue weighted by molar-refractivity contribution is 7.58. The summed E-state index contributed by atoms with van der Waals surface area (Å²) < 4.78 is 60.3. The van der Waals surface area contributed by atoms with Crippen LogP contribution in [0.3, 0.4) is 0 Å². The number of aromatic nitrogens is 2. The Morgan fingerprint density at radius 1 is 0.942 bits per heavy atom. The molecule has 1 aromatic heterocycles. The molecule has 0 spiro atoms. The van der Waals surface area contributed by atoms with Gasteiger partial charge in [0.1, 0.15) is 25.0 Å². The van der Waals surface area contributed by atoms with Crippen molar-refractivity contribution < 1.29 is 37.2 Å². The lowest BCUT2D eigenvalue weighted by Crippen LogP contribution is -2.53. The van der Waals surface area contributed by atoms with Crippen LogP contribution in [-0.4, -0.2) is 81.6 Å². The Kier molecular flexibility index (Phi) is 15.0. The molecule has 0 radical (unpaired) electrons. The molecule has 6 atom stereocenters. The van der Waals surface area contributed by atoms with Crippen molar-refractivity contribution in [1.29, 1.82) is 0 Å². The first-order valence-electron chi connectivity index (χ1n) is 17.8. The molecule has 2 heterocycles. The van der Waals surface area contributed by atoms with Crippen molar-refractivity contribution in [2.45, 2.75) is 103 Å². The normalized spacial score (nSPS) is 21.2. The second-order valence-electron chi connectivity index (χ2n) is 14.8. The monoisotopic (exact) mass is 760 g/mol. The first-order valence-corrected chi connectivity index (χ1v) is 23.0. The fourth-order valence-electron chi connectivity index (χ4n) is 5.85. The van der Waals surface area contributed by atoms with Gasteiger partial charge in [0, 0.05) is 25.5 Å². The number of ether oxygens (including phenoxy) is 5. The molecule has 0 amide bonds. The van der Waals surface area contributed by atoms with E-state index < -0.39 is 57.6 Å². The molecule has 288 valence electrons. The lowest BCUT2D eigenvalue weighted by Gasteiger charge is -2.41. The number of hydrogen-bond acceptors (Lipinski definition) is 10. The summed E-state index contributed by atoms with van der Waals surface area (Å²) in [4.78, 5) is 27.6. The van der Waals surface area contributed by atoms with Crippen LogP contribution in [0.5, 0.6) is 0 Å². The molecule has 52 heavy (non-hydrogen) atoms. The molecule has 3 aromatic rings. The number of benzene rings is 2.